The minimum Gasteiger partial charge on any atom is -0.508 e. The molecule has 2 heterocycles. The van der Waals surface area contributed by atoms with E-state index in [0.717, 1.165) is 35.2 Å². The van der Waals surface area contributed by atoms with Crippen LogP contribution in [0.4, 0.5) is 0 Å². The lowest BCUT2D eigenvalue weighted by Gasteiger charge is -2.27. The maximum Gasteiger partial charge on any atom is 0.161 e. The van der Waals surface area contributed by atoms with Gasteiger partial charge < -0.3 is 9.67 Å². The molecule has 0 aliphatic carbocycles. The maximum atomic E-state index is 12.4. The normalized spacial score (nSPS) is 15.4. The second-order valence-electron chi connectivity index (χ2n) is 7.10. The summed E-state index contributed by atoms with van der Waals surface area (Å²) in [4.78, 5) is 14.7. The van der Waals surface area contributed by atoms with Crippen LogP contribution >= 0.6 is 0 Å². The molecule has 4 heteroatoms. The molecule has 0 bridgehead atoms. The molecule has 0 radical (unpaired) electrons. The van der Waals surface area contributed by atoms with Crippen molar-refractivity contribution in [3.63, 3.8) is 0 Å². The minimum atomic E-state index is 0.0233. The van der Waals surface area contributed by atoms with Crippen LogP contribution in [0.2, 0.25) is 0 Å². The molecule has 1 aliphatic rings. The summed E-state index contributed by atoms with van der Waals surface area (Å²) in [6.45, 7) is 4.37. The Morgan fingerprint density at radius 1 is 1.04 bits per heavy atom. The van der Waals surface area contributed by atoms with Gasteiger partial charge in [-0.05, 0) is 57.1 Å². The van der Waals surface area contributed by atoms with Crippen LogP contribution in [0.3, 0.4) is 0 Å². The van der Waals surface area contributed by atoms with Crippen molar-refractivity contribution in [1.29, 1.82) is 0 Å². The molecular formula is C22H24N2O2. The average molecular weight is 348 g/mol. The molecule has 3 aromatic rings. The van der Waals surface area contributed by atoms with Gasteiger partial charge in [0, 0.05) is 34.9 Å². The van der Waals surface area contributed by atoms with Gasteiger partial charge in [-0.3, -0.25) is 9.69 Å². The number of para-hydroxylation sites is 1. The fourth-order valence-electron chi connectivity index (χ4n) is 3.96. The third-order valence-electron chi connectivity index (χ3n) is 5.30. The molecule has 4 nitrogen and oxygen atoms in total. The molecule has 0 saturated carbocycles. The van der Waals surface area contributed by atoms with Crippen LogP contribution in [-0.4, -0.2) is 33.4 Å². The molecule has 2 aromatic carbocycles. The molecule has 134 valence electrons. The third kappa shape index (κ3) is 3.01. The number of rotatable bonds is 4. The van der Waals surface area contributed by atoms with E-state index in [-0.39, 0.29) is 11.5 Å². The van der Waals surface area contributed by atoms with Crippen LogP contribution in [0.5, 0.6) is 5.75 Å². The van der Waals surface area contributed by atoms with Gasteiger partial charge in [-0.15, -0.1) is 0 Å². The molecule has 1 aromatic heterocycles. The number of piperidine rings is 1. The van der Waals surface area contributed by atoms with Gasteiger partial charge in [0.05, 0.1) is 5.52 Å². The van der Waals surface area contributed by atoms with Gasteiger partial charge in [0.2, 0.25) is 0 Å². The van der Waals surface area contributed by atoms with Crippen molar-refractivity contribution < 1.29 is 9.90 Å². The number of likely N-dealkylation sites (tertiary alicyclic amines) is 1. The van der Waals surface area contributed by atoms with Crippen molar-refractivity contribution in [1.82, 2.24) is 9.47 Å². The van der Waals surface area contributed by atoms with Gasteiger partial charge in [0.15, 0.2) is 5.78 Å². The summed E-state index contributed by atoms with van der Waals surface area (Å²) in [5, 5.41) is 11.5. The summed E-state index contributed by atoms with van der Waals surface area (Å²) in [5.41, 5.74) is 3.52. The Balaban J connectivity index is 1.89. The van der Waals surface area contributed by atoms with Crippen molar-refractivity contribution in [3.8, 4) is 11.4 Å². The quantitative estimate of drug-likeness (QED) is 0.705. The minimum absolute atomic E-state index is 0.0233. The van der Waals surface area contributed by atoms with E-state index in [4.69, 9.17) is 0 Å². The predicted octanol–water partition coefficient (Wildman–Crippen LogP) is 4.52. The molecule has 1 saturated heterocycles. The number of carbonyl (C=O) groups is 1. The van der Waals surface area contributed by atoms with Crippen molar-refractivity contribution >= 4 is 16.7 Å². The van der Waals surface area contributed by atoms with Gasteiger partial charge in [0.1, 0.15) is 5.75 Å². The van der Waals surface area contributed by atoms with E-state index in [2.05, 4.69) is 4.90 Å². The van der Waals surface area contributed by atoms with E-state index in [1.54, 1.807) is 13.0 Å². The van der Waals surface area contributed by atoms with E-state index in [9.17, 15) is 9.90 Å². The van der Waals surface area contributed by atoms with E-state index in [0.29, 0.717) is 12.1 Å². The lowest BCUT2D eigenvalue weighted by atomic mass is 10.0. The molecule has 0 amide bonds. The number of benzene rings is 2. The number of phenolic OH excluding ortho intramolecular Hbond substituents is 1. The average Bonchev–Trinajstić information content (AvgIpc) is 3.06. The summed E-state index contributed by atoms with van der Waals surface area (Å²) in [7, 11) is 0. The molecule has 4 rings (SSSR count). The van der Waals surface area contributed by atoms with E-state index in [1.165, 1.54) is 19.3 Å². The molecule has 26 heavy (non-hydrogen) atoms. The molecule has 0 atom stereocenters. The molecule has 0 unspecified atom stereocenters. The van der Waals surface area contributed by atoms with E-state index < -0.39 is 0 Å². The third-order valence-corrected chi connectivity index (χ3v) is 5.30. The van der Waals surface area contributed by atoms with Crippen LogP contribution in [0, 0.1) is 0 Å². The first-order chi connectivity index (χ1) is 12.6. The van der Waals surface area contributed by atoms with E-state index in [1.807, 2.05) is 47.2 Å². The van der Waals surface area contributed by atoms with Crippen molar-refractivity contribution in [3.05, 3.63) is 59.8 Å². The predicted molar refractivity (Wildman–Crippen MR) is 104 cm³/mol. The Kier molecular flexibility index (Phi) is 4.51. The monoisotopic (exact) mass is 348 g/mol. The Bertz CT molecular complexity index is 938. The lowest BCUT2D eigenvalue weighted by Crippen LogP contribution is -2.29. The SMILES string of the molecule is CC(=O)c1cn(-c2ccccc2)c2ccc(O)c(CN3CCCCC3)c12. The highest BCUT2D eigenvalue weighted by molar-refractivity contribution is 6.09. The van der Waals surface area contributed by atoms with Crippen LogP contribution < -0.4 is 0 Å². The number of hydrogen-bond donors (Lipinski definition) is 1. The number of nitrogens with zero attached hydrogens (tertiary/aromatic N) is 2. The zero-order valence-electron chi connectivity index (χ0n) is 15.1. The molecular weight excluding hydrogens is 324 g/mol. The number of hydrogen-bond acceptors (Lipinski definition) is 3. The first-order valence-corrected chi connectivity index (χ1v) is 9.30. The summed E-state index contributed by atoms with van der Waals surface area (Å²) in [5.74, 6) is 0.298. The zero-order chi connectivity index (χ0) is 18.1. The highest BCUT2D eigenvalue weighted by atomic mass is 16.3. The molecule has 0 spiro atoms. The van der Waals surface area contributed by atoms with Crippen LogP contribution in [0.15, 0.2) is 48.7 Å². The number of carbonyl (C=O) groups excluding carboxylic acids is 1. The van der Waals surface area contributed by atoms with Gasteiger partial charge in [-0.25, -0.2) is 0 Å². The highest BCUT2D eigenvalue weighted by Crippen LogP contribution is 2.34. The van der Waals surface area contributed by atoms with Gasteiger partial charge in [-0.2, -0.15) is 0 Å². The Morgan fingerprint density at radius 2 is 1.77 bits per heavy atom. The standard InChI is InChI=1S/C22H24N2O2/c1-16(25)18-15-24(17-8-4-2-5-9-17)20-10-11-21(26)19(22(18)20)14-23-12-6-3-7-13-23/h2,4-5,8-11,15,26H,3,6-7,12-14H2,1H3. The van der Waals surface area contributed by atoms with E-state index >= 15 is 0 Å². The van der Waals surface area contributed by atoms with Crippen LogP contribution in [0.25, 0.3) is 16.6 Å². The lowest BCUT2D eigenvalue weighted by molar-refractivity contribution is 0.101. The van der Waals surface area contributed by atoms with Crippen LogP contribution in [-0.2, 0) is 6.54 Å². The number of Topliss-reactive ketones (excluding diaryl/α,β-unsaturated/α-hetero) is 1. The Hall–Kier alpha value is -2.59. The highest BCUT2D eigenvalue weighted by Gasteiger charge is 2.21. The molecule has 1 N–H and O–H groups in total. The number of phenols is 1. The zero-order valence-corrected chi connectivity index (χ0v) is 15.1. The molecule has 1 fully saturated rings. The second-order valence-corrected chi connectivity index (χ2v) is 7.10. The van der Waals surface area contributed by atoms with Gasteiger partial charge in [0.25, 0.3) is 0 Å². The first kappa shape index (κ1) is 16.9. The summed E-state index contributed by atoms with van der Waals surface area (Å²) < 4.78 is 2.05. The maximum absolute atomic E-state index is 12.4. The largest absolute Gasteiger partial charge is 0.508 e. The number of aromatic hydroxyl groups is 1. The topological polar surface area (TPSA) is 45.5 Å². The smallest absolute Gasteiger partial charge is 0.161 e. The van der Waals surface area contributed by atoms with Gasteiger partial charge >= 0.3 is 0 Å². The van der Waals surface area contributed by atoms with Crippen LogP contribution in [0.1, 0.15) is 42.1 Å². The first-order valence-electron chi connectivity index (χ1n) is 9.30. The Morgan fingerprint density at radius 3 is 2.46 bits per heavy atom. The number of ketones is 1. The van der Waals surface area contributed by atoms with Crippen molar-refractivity contribution in [2.24, 2.45) is 0 Å². The second kappa shape index (κ2) is 6.96. The summed E-state index contributed by atoms with van der Waals surface area (Å²) >= 11 is 0. The van der Waals surface area contributed by atoms with Crippen molar-refractivity contribution in [2.45, 2.75) is 32.7 Å². The van der Waals surface area contributed by atoms with Gasteiger partial charge in [-0.1, -0.05) is 24.6 Å². The Labute approximate surface area is 153 Å². The summed E-state index contributed by atoms with van der Waals surface area (Å²) in [6.07, 6.45) is 5.57. The summed E-state index contributed by atoms with van der Waals surface area (Å²) in [6, 6.07) is 13.7. The molecule has 1 aliphatic heterocycles. The number of aromatic nitrogens is 1. The number of fused-ring (bicyclic) bond motifs is 1. The fraction of sp³-hybridized carbons (Fsp3) is 0.318. The fourth-order valence-corrected chi connectivity index (χ4v) is 3.96. The van der Waals surface area contributed by atoms with Crippen molar-refractivity contribution in [2.75, 3.05) is 13.1 Å².